The van der Waals surface area contributed by atoms with E-state index in [-0.39, 0.29) is 0 Å². The molecule has 0 bridgehead atoms. The molecular weight excluding hydrogens is 266 g/mol. The first kappa shape index (κ1) is 14.3. The van der Waals surface area contributed by atoms with Gasteiger partial charge in [-0.1, -0.05) is 18.2 Å². The molecule has 3 rings (SSSR count). The van der Waals surface area contributed by atoms with Crippen molar-refractivity contribution in [3.63, 3.8) is 0 Å². The maximum atomic E-state index is 5.47. The van der Waals surface area contributed by atoms with Crippen LogP contribution in [0.1, 0.15) is 44.1 Å². The second-order valence-electron chi connectivity index (χ2n) is 6.39. The number of hydrogen-bond donors (Lipinski definition) is 1. The third-order valence-corrected chi connectivity index (χ3v) is 6.32. The minimum absolute atomic E-state index is 0.482. The van der Waals surface area contributed by atoms with E-state index in [1.54, 1.807) is 7.11 Å². The summed E-state index contributed by atoms with van der Waals surface area (Å²) in [6.45, 7) is 3.58. The highest BCUT2D eigenvalue weighted by atomic mass is 32.2. The van der Waals surface area contributed by atoms with Crippen molar-refractivity contribution in [2.24, 2.45) is 0 Å². The number of thioether (sulfide) groups is 1. The zero-order valence-corrected chi connectivity index (χ0v) is 13.3. The van der Waals surface area contributed by atoms with Gasteiger partial charge in [0.25, 0.3) is 0 Å². The molecular formula is C17H25NOS. The Morgan fingerprint density at radius 2 is 2.15 bits per heavy atom. The molecule has 2 nitrogen and oxygen atoms in total. The van der Waals surface area contributed by atoms with Crippen molar-refractivity contribution in [2.45, 2.75) is 49.3 Å². The van der Waals surface area contributed by atoms with Crippen molar-refractivity contribution < 1.29 is 4.74 Å². The average Bonchev–Trinajstić information content (AvgIpc) is 2.84. The third kappa shape index (κ3) is 2.99. The summed E-state index contributed by atoms with van der Waals surface area (Å²) in [5.74, 6) is 3.06. The highest BCUT2D eigenvalue weighted by Gasteiger charge is 2.35. The van der Waals surface area contributed by atoms with Crippen LogP contribution >= 0.6 is 11.8 Å². The van der Waals surface area contributed by atoms with Gasteiger partial charge in [-0.2, -0.15) is 11.8 Å². The first-order valence-electron chi connectivity index (χ1n) is 7.70. The van der Waals surface area contributed by atoms with Crippen molar-refractivity contribution in [1.82, 2.24) is 5.32 Å². The van der Waals surface area contributed by atoms with Gasteiger partial charge in [-0.25, -0.2) is 0 Å². The molecule has 1 aliphatic carbocycles. The summed E-state index contributed by atoms with van der Waals surface area (Å²) in [7, 11) is 1.77. The van der Waals surface area contributed by atoms with Crippen LogP contribution in [-0.2, 0) is 0 Å². The summed E-state index contributed by atoms with van der Waals surface area (Å²) in [5, 5.41) is 3.78. The molecule has 1 unspecified atom stereocenters. The van der Waals surface area contributed by atoms with Crippen molar-refractivity contribution in [3.05, 3.63) is 29.8 Å². The Morgan fingerprint density at radius 3 is 2.85 bits per heavy atom. The van der Waals surface area contributed by atoms with Crippen LogP contribution in [-0.4, -0.2) is 30.2 Å². The van der Waals surface area contributed by atoms with Gasteiger partial charge in [0.2, 0.25) is 0 Å². The largest absolute Gasteiger partial charge is 0.496 e. The fourth-order valence-electron chi connectivity index (χ4n) is 3.38. The fraction of sp³-hybridized carbons (Fsp3) is 0.647. The van der Waals surface area contributed by atoms with E-state index in [1.165, 1.54) is 43.5 Å². The van der Waals surface area contributed by atoms with Gasteiger partial charge < -0.3 is 10.1 Å². The zero-order chi connectivity index (χ0) is 14.0. The topological polar surface area (TPSA) is 21.3 Å². The van der Waals surface area contributed by atoms with Gasteiger partial charge in [-0.15, -0.1) is 0 Å². The monoisotopic (exact) mass is 291 g/mol. The summed E-state index contributed by atoms with van der Waals surface area (Å²) in [4.78, 5) is 0. The lowest BCUT2D eigenvalue weighted by Gasteiger charge is -2.39. The van der Waals surface area contributed by atoms with E-state index in [9.17, 15) is 0 Å². The lowest BCUT2D eigenvalue weighted by atomic mass is 9.75. The molecule has 3 heteroatoms. The molecule has 1 N–H and O–H groups in total. The van der Waals surface area contributed by atoms with Crippen molar-refractivity contribution in [1.29, 1.82) is 0 Å². The molecule has 0 radical (unpaired) electrons. The predicted octanol–water partition coefficient (Wildman–Crippen LogP) is 3.82. The van der Waals surface area contributed by atoms with Crippen molar-refractivity contribution in [2.75, 3.05) is 19.4 Å². The Hall–Kier alpha value is -0.670. The van der Waals surface area contributed by atoms with Gasteiger partial charge in [0.1, 0.15) is 5.75 Å². The van der Waals surface area contributed by atoms with Gasteiger partial charge >= 0.3 is 0 Å². The fourth-order valence-corrected chi connectivity index (χ4v) is 4.63. The van der Waals surface area contributed by atoms with Gasteiger partial charge in [0.05, 0.1) is 7.11 Å². The molecule has 1 aliphatic heterocycles. The molecule has 1 saturated heterocycles. The van der Waals surface area contributed by atoms with Crippen LogP contribution in [0, 0.1) is 0 Å². The maximum Gasteiger partial charge on any atom is 0.122 e. The molecule has 1 atom stereocenters. The summed E-state index contributed by atoms with van der Waals surface area (Å²) in [5.41, 5.74) is 1.38. The highest BCUT2D eigenvalue weighted by molar-refractivity contribution is 8.00. The lowest BCUT2D eigenvalue weighted by Crippen LogP contribution is -2.45. The number of para-hydroxylation sites is 1. The van der Waals surface area contributed by atoms with Crippen LogP contribution in [0.15, 0.2) is 24.3 Å². The predicted molar refractivity (Wildman–Crippen MR) is 86.9 cm³/mol. The van der Waals surface area contributed by atoms with Crippen LogP contribution in [0.4, 0.5) is 0 Å². The van der Waals surface area contributed by atoms with Crippen LogP contribution in [0.2, 0.25) is 0 Å². The van der Waals surface area contributed by atoms with E-state index >= 15 is 0 Å². The Bertz CT molecular complexity index is 450. The van der Waals surface area contributed by atoms with Gasteiger partial charge in [-0.3, -0.25) is 0 Å². The molecule has 0 amide bonds. The lowest BCUT2D eigenvalue weighted by molar-refractivity contribution is 0.276. The molecule has 1 aromatic rings. The van der Waals surface area contributed by atoms with Crippen LogP contribution < -0.4 is 10.1 Å². The first-order chi connectivity index (χ1) is 9.70. The Kier molecular flexibility index (Phi) is 4.27. The van der Waals surface area contributed by atoms with E-state index in [2.05, 4.69) is 48.3 Å². The number of ether oxygens (including phenoxy) is 1. The van der Waals surface area contributed by atoms with Gasteiger partial charge in [0, 0.05) is 17.3 Å². The van der Waals surface area contributed by atoms with Gasteiger partial charge in [0.15, 0.2) is 0 Å². The SMILES string of the molecule is COc1ccccc1C1CC(NCC2(C)CCCS2)C1. The van der Waals surface area contributed by atoms with E-state index in [1.807, 2.05) is 0 Å². The Balaban J connectivity index is 1.49. The summed E-state index contributed by atoms with van der Waals surface area (Å²) < 4.78 is 5.95. The van der Waals surface area contributed by atoms with E-state index < -0.39 is 0 Å². The summed E-state index contributed by atoms with van der Waals surface area (Å²) >= 11 is 2.14. The minimum Gasteiger partial charge on any atom is -0.496 e. The minimum atomic E-state index is 0.482. The summed E-state index contributed by atoms with van der Waals surface area (Å²) in [6.07, 6.45) is 5.26. The van der Waals surface area contributed by atoms with E-state index in [4.69, 9.17) is 4.74 Å². The number of nitrogens with one attached hydrogen (secondary N) is 1. The second kappa shape index (κ2) is 5.98. The van der Waals surface area contributed by atoms with Gasteiger partial charge in [-0.05, 0) is 55.9 Å². The molecule has 2 fully saturated rings. The second-order valence-corrected chi connectivity index (χ2v) is 8.07. The number of rotatable bonds is 5. The third-order valence-electron chi connectivity index (χ3n) is 4.78. The summed E-state index contributed by atoms with van der Waals surface area (Å²) in [6, 6.07) is 9.16. The molecule has 0 spiro atoms. The number of hydrogen-bond acceptors (Lipinski definition) is 3. The molecule has 1 saturated carbocycles. The smallest absolute Gasteiger partial charge is 0.122 e. The molecule has 110 valence electrons. The average molecular weight is 291 g/mol. The molecule has 20 heavy (non-hydrogen) atoms. The van der Waals surface area contributed by atoms with Crippen LogP contribution in [0.3, 0.4) is 0 Å². The molecule has 1 heterocycles. The first-order valence-corrected chi connectivity index (χ1v) is 8.69. The Labute approximate surface area is 126 Å². The molecule has 1 aromatic carbocycles. The maximum absolute atomic E-state index is 5.47. The van der Waals surface area contributed by atoms with E-state index in [0.29, 0.717) is 16.7 Å². The molecule has 2 aliphatic rings. The normalized spacial score (nSPS) is 32.9. The highest BCUT2D eigenvalue weighted by Crippen LogP contribution is 2.42. The zero-order valence-electron chi connectivity index (χ0n) is 12.5. The molecule has 0 aromatic heterocycles. The Morgan fingerprint density at radius 1 is 1.35 bits per heavy atom. The van der Waals surface area contributed by atoms with Crippen LogP contribution in [0.25, 0.3) is 0 Å². The van der Waals surface area contributed by atoms with Crippen LogP contribution in [0.5, 0.6) is 5.75 Å². The van der Waals surface area contributed by atoms with Crippen molar-refractivity contribution >= 4 is 11.8 Å². The van der Waals surface area contributed by atoms with Crippen molar-refractivity contribution in [3.8, 4) is 5.75 Å². The standard InChI is InChI=1S/C17H25NOS/c1-17(8-5-9-20-17)12-18-14-10-13(11-14)15-6-3-4-7-16(15)19-2/h3-4,6-7,13-14,18H,5,8-12H2,1-2H3. The quantitative estimate of drug-likeness (QED) is 0.891. The van der Waals surface area contributed by atoms with E-state index in [0.717, 1.165) is 5.75 Å². The number of benzene rings is 1. The number of methoxy groups -OCH3 is 1.